The van der Waals surface area contributed by atoms with E-state index in [1.54, 1.807) is 11.0 Å². The van der Waals surface area contributed by atoms with Crippen LogP contribution in [-0.2, 0) is 19.4 Å². The monoisotopic (exact) mass is 443 g/mol. The lowest BCUT2D eigenvalue weighted by molar-refractivity contribution is 0.0100. The van der Waals surface area contributed by atoms with Crippen LogP contribution < -0.4 is 5.32 Å². The van der Waals surface area contributed by atoms with Gasteiger partial charge in [-0.25, -0.2) is 9.18 Å². The van der Waals surface area contributed by atoms with Crippen LogP contribution >= 0.6 is 0 Å². The summed E-state index contributed by atoms with van der Waals surface area (Å²) >= 11 is 0. The summed E-state index contributed by atoms with van der Waals surface area (Å²) in [6.45, 7) is 0.167. The SMILES string of the molecule is N#Cc1cc(CN2C(=O)N[C@H](CCc3ccccc3)[C@@H](O)[C@H]2Cc2ccccc2)ccc1F. The first-order chi connectivity index (χ1) is 16.0. The van der Waals surface area contributed by atoms with Gasteiger partial charge in [-0.05, 0) is 48.1 Å². The van der Waals surface area contributed by atoms with Gasteiger partial charge in [-0.2, -0.15) is 5.26 Å². The van der Waals surface area contributed by atoms with E-state index >= 15 is 0 Å². The van der Waals surface area contributed by atoms with Crippen LogP contribution in [0, 0.1) is 17.1 Å². The van der Waals surface area contributed by atoms with Gasteiger partial charge >= 0.3 is 6.03 Å². The summed E-state index contributed by atoms with van der Waals surface area (Å²) in [5, 5.41) is 23.4. The van der Waals surface area contributed by atoms with E-state index in [1.165, 1.54) is 12.1 Å². The lowest BCUT2D eigenvalue weighted by Gasteiger charge is -2.44. The van der Waals surface area contributed by atoms with E-state index in [9.17, 15) is 14.3 Å². The second-order valence-electron chi connectivity index (χ2n) is 8.38. The molecule has 0 bridgehead atoms. The van der Waals surface area contributed by atoms with Crippen molar-refractivity contribution in [3.05, 3.63) is 107 Å². The molecule has 2 N–H and O–H groups in total. The summed E-state index contributed by atoms with van der Waals surface area (Å²) in [5.74, 6) is -0.591. The number of aryl methyl sites for hydroxylation is 1. The number of hydrogen-bond acceptors (Lipinski definition) is 3. The van der Waals surface area contributed by atoms with E-state index in [1.807, 2.05) is 66.7 Å². The molecule has 3 atom stereocenters. The van der Waals surface area contributed by atoms with Crippen LogP contribution in [0.25, 0.3) is 0 Å². The topological polar surface area (TPSA) is 76.4 Å². The Morgan fingerprint density at radius 1 is 0.970 bits per heavy atom. The van der Waals surface area contributed by atoms with Gasteiger partial charge in [0.15, 0.2) is 0 Å². The Hall–Kier alpha value is -3.69. The van der Waals surface area contributed by atoms with Crippen LogP contribution in [0.5, 0.6) is 0 Å². The largest absolute Gasteiger partial charge is 0.389 e. The Balaban J connectivity index is 1.57. The number of halogens is 1. The Bertz CT molecular complexity index is 1130. The number of aliphatic hydroxyl groups is 1. The first-order valence-corrected chi connectivity index (χ1v) is 11.1. The van der Waals surface area contributed by atoms with Crippen molar-refractivity contribution in [1.82, 2.24) is 10.2 Å². The molecule has 0 aromatic heterocycles. The van der Waals surface area contributed by atoms with Crippen LogP contribution in [0.15, 0.2) is 78.9 Å². The summed E-state index contributed by atoms with van der Waals surface area (Å²) in [5.41, 5.74) is 2.73. The minimum absolute atomic E-state index is 0.0641. The van der Waals surface area contributed by atoms with Gasteiger partial charge in [0.25, 0.3) is 0 Å². The number of urea groups is 1. The molecule has 168 valence electrons. The summed E-state index contributed by atoms with van der Waals surface area (Å²) in [6.07, 6.45) is 1.06. The first kappa shape index (κ1) is 22.5. The standard InChI is InChI=1S/C27H26FN3O2/c28-23-13-11-21(15-22(23)17-29)18-31-25(16-20-9-5-2-6-10-20)26(32)24(30-27(31)33)14-12-19-7-3-1-4-8-19/h1-11,13,15,24-26,32H,12,14,16,18H2,(H,30,33)/t24-,25-,26-/m1/s1. The van der Waals surface area contributed by atoms with Gasteiger partial charge < -0.3 is 15.3 Å². The van der Waals surface area contributed by atoms with Gasteiger partial charge in [-0.15, -0.1) is 0 Å². The molecule has 1 aliphatic heterocycles. The van der Waals surface area contributed by atoms with Gasteiger partial charge in [-0.1, -0.05) is 66.7 Å². The fourth-order valence-electron chi connectivity index (χ4n) is 4.37. The molecule has 33 heavy (non-hydrogen) atoms. The molecule has 1 saturated heterocycles. The van der Waals surface area contributed by atoms with Gasteiger partial charge in [0.2, 0.25) is 0 Å². The number of carbonyl (C=O) groups is 1. The molecule has 0 radical (unpaired) electrons. The summed E-state index contributed by atoms with van der Waals surface area (Å²) in [4.78, 5) is 14.7. The maximum absolute atomic E-state index is 13.8. The highest BCUT2D eigenvalue weighted by molar-refractivity contribution is 5.76. The molecule has 3 aromatic carbocycles. The number of amides is 2. The highest BCUT2D eigenvalue weighted by Crippen LogP contribution is 2.25. The number of benzene rings is 3. The summed E-state index contributed by atoms with van der Waals surface area (Å²) in [6, 6.07) is 24.7. The maximum Gasteiger partial charge on any atom is 0.318 e. The minimum atomic E-state index is -0.789. The zero-order valence-electron chi connectivity index (χ0n) is 18.2. The average molecular weight is 444 g/mol. The number of hydrogen-bond donors (Lipinski definition) is 2. The smallest absolute Gasteiger partial charge is 0.318 e. The van der Waals surface area contributed by atoms with E-state index in [0.717, 1.165) is 17.5 Å². The molecule has 6 heteroatoms. The first-order valence-electron chi connectivity index (χ1n) is 11.1. The zero-order chi connectivity index (χ0) is 23.2. The number of rotatable bonds is 7. The molecular formula is C27H26FN3O2. The van der Waals surface area contributed by atoms with Crippen molar-refractivity contribution in [3.63, 3.8) is 0 Å². The van der Waals surface area contributed by atoms with Gasteiger partial charge in [0, 0.05) is 6.54 Å². The van der Waals surface area contributed by atoms with Crippen molar-refractivity contribution in [2.24, 2.45) is 0 Å². The fourth-order valence-corrected chi connectivity index (χ4v) is 4.37. The molecule has 1 aliphatic rings. The van der Waals surface area contributed by atoms with Crippen LogP contribution in [0.1, 0.15) is 28.7 Å². The third kappa shape index (κ3) is 5.39. The van der Waals surface area contributed by atoms with Crippen LogP contribution in [0.2, 0.25) is 0 Å². The van der Waals surface area contributed by atoms with E-state index in [0.29, 0.717) is 18.4 Å². The van der Waals surface area contributed by atoms with E-state index in [2.05, 4.69) is 5.32 Å². The predicted octanol–water partition coefficient (Wildman–Crippen LogP) is 4.20. The highest BCUT2D eigenvalue weighted by Gasteiger charge is 2.40. The fraction of sp³-hybridized carbons (Fsp3) is 0.259. The van der Waals surface area contributed by atoms with Crippen molar-refractivity contribution in [1.29, 1.82) is 5.26 Å². The van der Waals surface area contributed by atoms with E-state index in [4.69, 9.17) is 5.26 Å². The number of nitrogens with zero attached hydrogens (tertiary/aromatic N) is 2. The Morgan fingerprint density at radius 2 is 1.64 bits per heavy atom. The Morgan fingerprint density at radius 3 is 2.30 bits per heavy atom. The average Bonchev–Trinajstić information content (AvgIpc) is 2.84. The Labute approximate surface area is 193 Å². The normalized spacial score (nSPS) is 20.2. The summed E-state index contributed by atoms with van der Waals surface area (Å²) < 4.78 is 13.8. The maximum atomic E-state index is 13.8. The number of aliphatic hydroxyl groups excluding tert-OH is 1. The summed E-state index contributed by atoms with van der Waals surface area (Å²) in [7, 11) is 0. The van der Waals surface area contributed by atoms with Crippen molar-refractivity contribution in [3.8, 4) is 6.07 Å². The van der Waals surface area contributed by atoms with Crippen molar-refractivity contribution >= 4 is 6.03 Å². The molecule has 3 aromatic rings. The van der Waals surface area contributed by atoms with Crippen molar-refractivity contribution in [2.45, 2.75) is 44.0 Å². The third-order valence-electron chi connectivity index (χ3n) is 6.16. The molecule has 1 heterocycles. The van der Waals surface area contributed by atoms with E-state index < -0.39 is 18.0 Å². The molecule has 2 amide bonds. The molecule has 0 aliphatic carbocycles. The second kappa shape index (κ2) is 10.3. The van der Waals surface area contributed by atoms with Crippen LogP contribution in [0.4, 0.5) is 9.18 Å². The van der Waals surface area contributed by atoms with Gasteiger partial charge in [0.1, 0.15) is 11.9 Å². The van der Waals surface area contributed by atoms with Crippen LogP contribution in [0.3, 0.4) is 0 Å². The number of nitriles is 1. The molecular weight excluding hydrogens is 417 g/mol. The quantitative estimate of drug-likeness (QED) is 0.575. The third-order valence-corrected chi connectivity index (χ3v) is 6.16. The molecule has 1 fully saturated rings. The van der Waals surface area contributed by atoms with Crippen LogP contribution in [-0.4, -0.2) is 34.2 Å². The molecule has 4 rings (SSSR count). The lowest BCUT2D eigenvalue weighted by atomic mass is 9.89. The molecule has 0 unspecified atom stereocenters. The highest BCUT2D eigenvalue weighted by atomic mass is 19.1. The van der Waals surface area contributed by atoms with Crippen molar-refractivity contribution in [2.75, 3.05) is 0 Å². The molecule has 0 spiro atoms. The van der Waals surface area contributed by atoms with Gasteiger partial charge in [-0.3, -0.25) is 0 Å². The number of nitrogens with one attached hydrogen (secondary N) is 1. The molecule has 5 nitrogen and oxygen atoms in total. The minimum Gasteiger partial charge on any atom is -0.389 e. The lowest BCUT2D eigenvalue weighted by Crippen LogP contribution is -2.65. The predicted molar refractivity (Wildman–Crippen MR) is 124 cm³/mol. The van der Waals surface area contributed by atoms with Gasteiger partial charge in [0.05, 0.1) is 23.8 Å². The molecule has 0 saturated carbocycles. The van der Waals surface area contributed by atoms with Crippen molar-refractivity contribution < 1.29 is 14.3 Å². The number of carbonyl (C=O) groups excluding carboxylic acids is 1. The Kier molecular flexibility index (Phi) is 7.01. The zero-order valence-corrected chi connectivity index (χ0v) is 18.2. The van der Waals surface area contributed by atoms with E-state index in [-0.39, 0.29) is 24.2 Å². The second-order valence-corrected chi connectivity index (χ2v) is 8.38.